The Bertz CT molecular complexity index is 847. The quantitative estimate of drug-likeness (QED) is 0.812. The van der Waals surface area contributed by atoms with E-state index in [1.165, 1.54) is 0 Å². The van der Waals surface area contributed by atoms with Crippen molar-refractivity contribution in [3.05, 3.63) is 29.0 Å². The fourth-order valence-corrected chi connectivity index (χ4v) is 3.35. The van der Waals surface area contributed by atoms with Gasteiger partial charge in [-0.2, -0.15) is 5.26 Å². The maximum absolute atomic E-state index is 12.4. The molecule has 6 nitrogen and oxygen atoms in total. The smallest absolute Gasteiger partial charge is 0.410 e. The molecule has 2 aromatic rings. The highest BCUT2D eigenvalue weighted by atomic mass is 35.5. The van der Waals surface area contributed by atoms with Crippen molar-refractivity contribution in [3.8, 4) is 6.07 Å². The Morgan fingerprint density at radius 3 is 2.96 bits per heavy atom. The second kappa shape index (κ2) is 6.57. The molecule has 0 radical (unpaired) electrons. The van der Waals surface area contributed by atoms with E-state index in [-0.39, 0.29) is 12.1 Å². The highest BCUT2D eigenvalue weighted by Gasteiger charge is 2.32. The number of rotatable bonds is 2. The minimum Gasteiger partial charge on any atom is -0.444 e. The monoisotopic (exact) mass is 360 g/mol. The number of nitrogens with zero attached hydrogens (tertiary/aromatic N) is 4. The van der Waals surface area contributed by atoms with E-state index in [4.69, 9.17) is 16.3 Å². The fraction of sp³-hybridized carbons (Fsp3) is 0.500. The van der Waals surface area contributed by atoms with Gasteiger partial charge in [0.15, 0.2) is 0 Å². The Morgan fingerprint density at radius 1 is 1.52 bits per heavy atom. The van der Waals surface area contributed by atoms with Gasteiger partial charge in [0.2, 0.25) is 0 Å². The number of pyridine rings is 1. The van der Waals surface area contributed by atoms with Crippen LogP contribution >= 0.6 is 11.6 Å². The molecule has 0 N–H and O–H groups in total. The molecule has 2 aromatic heterocycles. The van der Waals surface area contributed by atoms with Crippen LogP contribution in [0.4, 0.5) is 4.79 Å². The molecule has 1 fully saturated rings. The summed E-state index contributed by atoms with van der Waals surface area (Å²) in [6, 6.07) is 3.95. The number of nitriles is 1. The van der Waals surface area contributed by atoms with Crippen molar-refractivity contribution in [2.24, 2.45) is 0 Å². The van der Waals surface area contributed by atoms with Gasteiger partial charge in [-0.05, 0) is 39.7 Å². The summed E-state index contributed by atoms with van der Waals surface area (Å²) in [7, 11) is 0. The highest BCUT2D eigenvalue weighted by molar-refractivity contribution is 6.31. The van der Waals surface area contributed by atoms with E-state index in [0.717, 1.165) is 18.2 Å². The molecule has 0 aliphatic carbocycles. The van der Waals surface area contributed by atoms with Gasteiger partial charge in [-0.25, -0.2) is 9.78 Å². The number of ether oxygens (including phenoxy) is 1. The molecule has 1 atom stereocenters. The first-order valence-electron chi connectivity index (χ1n) is 8.32. The molecule has 1 aliphatic rings. The summed E-state index contributed by atoms with van der Waals surface area (Å²) in [6.45, 7) is 6.85. The topological polar surface area (TPSA) is 71.2 Å². The summed E-state index contributed by atoms with van der Waals surface area (Å²) in [5.41, 5.74) is 0.722. The average Bonchev–Trinajstić information content (AvgIpc) is 3.10. The molecule has 0 unspecified atom stereocenters. The Kier molecular flexibility index (Phi) is 4.61. The summed E-state index contributed by atoms with van der Waals surface area (Å²) in [5, 5.41) is 10.6. The minimum atomic E-state index is -0.517. The zero-order chi connectivity index (χ0) is 18.2. The van der Waals surface area contributed by atoms with Crippen LogP contribution in [0.25, 0.3) is 11.0 Å². The normalized spacial score (nSPS) is 17.7. The molecule has 0 saturated carbocycles. The summed E-state index contributed by atoms with van der Waals surface area (Å²) >= 11 is 6.00. The van der Waals surface area contributed by atoms with Crippen LogP contribution in [0.2, 0.25) is 5.02 Å². The van der Waals surface area contributed by atoms with Gasteiger partial charge < -0.3 is 14.2 Å². The summed E-state index contributed by atoms with van der Waals surface area (Å²) in [4.78, 5) is 18.6. The number of halogens is 1. The molecule has 0 spiro atoms. The predicted octanol–water partition coefficient (Wildman–Crippen LogP) is 3.96. The average molecular weight is 361 g/mol. The van der Waals surface area contributed by atoms with E-state index in [1.807, 2.05) is 25.3 Å². The van der Waals surface area contributed by atoms with Gasteiger partial charge >= 0.3 is 6.09 Å². The van der Waals surface area contributed by atoms with Crippen LogP contribution in [0.5, 0.6) is 0 Å². The van der Waals surface area contributed by atoms with Crippen LogP contribution in [-0.4, -0.2) is 38.7 Å². The molecular weight excluding hydrogens is 340 g/mol. The van der Waals surface area contributed by atoms with Gasteiger partial charge in [-0.15, -0.1) is 0 Å². The first-order valence-corrected chi connectivity index (χ1v) is 8.70. The first kappa shape index (κ1) is 17.6. The Labute approximate surface area is 151 Å². The van der Waals surface area contributed by atoms with Crippen LogP contribution in [0.3, 0.4) is 0 Å². The van der Waals surface area contributed by atoms with E-state index < -0.39 is 5.60 Å². The fourth-order valence-electron chi connectivity index (χ4n) is 3.19. The molecular formula is C18H21ClN4O2. The molecule has 132 valence electrons. The predicted molar refractivity (Wildman–Crippen MR) is 95.4 cm³/mol. The van der Waals surface area contributed by atoms with Gasteiger partial charge in [0.1, 0.15) is 17.3 Å². The number of aromatic nitrogens is 2. The van der Waals surface area contributed by atoms with Gasteiger partial charge in [0.25, 0.3) is 0 Å². The van der Waals surface area contributed by atoms with E-state index in [1.54, 1.807) is 23.4 Å². The molecule has 0 aromatic carbocycles. The zero-order valence-electron chi connectivity index (χ0n) is 14.6. The lowest BCUT2D eigenvalue weighted by Gasteiger charge is -2.28. The number of fused-ring (bicyclic) bond motifs is 1. The lowest BCUT2D eigenvalue weighted by Crippen LogP contribution is -2.41. The number of carbonyl (C=O) groups is 1. The number of hydrogen-bond donors (Lipinski definition) is 0. The molecule has 1 amide bonds. The number of carbonyl (C=O) groups excluding carboxylic acids is 1. The van der Waals surface area contributed by atoms with Crippen molar-refractivity contribution < 1.29 is 9.53 Å². The third-order valence-corrected chi connectivity index (χ3v) is 4.42. The molecule has 3 rings (SSSR count). The third-order valence-electron chi connectivity index (χ3n) is 4.21. The number of likely N-dealkylation sites (tertiary alicyclic amines) is 1. The van der Waals surface area contributed by atoms with Crippen LogP contribution in [-0.2, 0) is 11.3 Å². The van der Waals surface area contributed by atoms with Crippen LogP contribution in [0.1, 0.15) is 39.2 Å². The standard InChI is InChI=1S/C18H21ClN4O2/c1-18(2,3)25-17(24)23-6-4-5-14(23)11-22-10-12(8-20)15-7-13(19)9-21-16(15)22/h7,9-10,14H,4-6,11H2,1-3H3/t14-/m0/s1. The van der Waals surface area contributed by atoms with Crippen LogP contribution in [0, 0.1) is 11.3 Å². The third kappa shape index (κ3) is 3.72. The van der Waals surface area contributed by atoms with Crippen molar-refractivity contribution >= 4 is 28.7 Å². The molecule has 3 heterocycles. The molecule has 1 aliphatic heterocycles. The van der Waals surface area contributed by atoms with Crippen molar-refractivity contribution in [1.82, 2.24) is 14.5 Å². The van der Waals surface area contributed by atoms with Crippen LogP contribution < -0.4 is 0 Å². The first-order chi connectivity index (χ1) is 11.8. The summed E-state index contributed by atoms with van der Waals surface area (Å²) in [5.74, 6) is 0. The van der Waals surface area contributed by atoms with E-state index in [0.29, 0.717) is 29.3 Å². The highest BCUT2D eigenvalue weighted by Crippen LogP contribution is 2.26. The number of amides is 1. The Hall–Kier alpha value is -2.26. The molecule has 25 heavy (non-hydrogen) atoms. The van der Waals surface area contributed by atoms with Crippen LogP contribution in [0.15, 0.2) is 18.5 Å². The van der Waals surface area contributed by atoms with Crippen molar-refractivity contribution in [3.63, 3.8) is 0 Å². The SMILES string of the molecule is CC(C)(C)OC(=O)N1CCC[C@H]1Cn1cc(C#N)c2cc(Cl)cnc21. The van der Waals surface area contributed by atoms with Crippen molar-refractivity contribution in [2.75, 3.05) is 6.54 Å². The van der Waals surface area contributed by atoms with Crippen molar-refractivity contribution in [2.45, 2.75) is 51.8 Å². The summed E-state index contributed by atoms with van der Waals surface area (Å²) < 4.78 is 7.44. The second-order valence-electron chi connectivity index (χ2n) is 7.30. The van der Waals surface area contributed by atoms with Gasteiger partial charge in [0.05, 0.1) is 16.6 Å². The molecule has 7 heteroatoms. The van der Waals surface area contributed by atoms with E-state index in [2.05, 4.69) is 11.1 Å². The van der Waals surface area contributed by atoms with Crippen molar-refractivity contribution in [1.29, 1.82) is 5.26 Å². The lowest BCUT2D eigenvalue weighted by molar-refractivity contribution is 0.0215. The minimum absolute atomic E-state index is 0.0227. The maximum atomic E-state index is 12.4. The molecule has 1 saturated heterocycles. The molecule has 0 bridgehead atoms. The Balaban J connectivity index is 1.85. The van der Waals surface area contributed by atoms with Gasteiger partial charge in [0, 0.05) is 30.9 Å². The largest absolute Gasteiger partial charge is 0.444 e. The van der Waals surface area contributed by atoms with Gasteiger partial charge in [-0.1, -0.05) is 11.6 Å². The van der Waals surface area contributed by atoms with E-state index >= 15 is 0 Å². The van der Waals surface area contributed by atoms with E-state index in [9.17, 15) is 10.1 Å². The lowest BCUT2D eigenvalue weighted by atomic mass is 10.2. The van der Waals surface area contributed by atoms with Gasteiger partial charge in [-0.3, -0.25) is 0 Å². The summed E-state index contributed by atoms with van der Waals surface area (Å²) in [6.07, 6.45) is 4.89. The second-order valence-corrected chi connectivity index (χ2v) is 7.74. The number of hydrogen-bond acceptors (Lipinski definition) is 4. The zero-order valence-corrected chi connectivity index (χ0v) is 15.4. The Morgan fingerprint density at radius 2 is 2.28 bits per heavy atom. The maximum Gasteiger partial charge on any atom is 0.410 e.